The van der Waals surface area contributed by atoms with E-state index in [0.29, 0.717) is 18.8 Å². The maximum atomic E-state index is 13.1. The van der Waals surface area contributed by atoms with Gasteiger partial charge in [0.2, 0.25) is 10.0 Å². The van der Waals surface area contributed by atoms with Crippen molar-refractivity contribution >= 4 is 21.4 Å². The highest BCUT2D eigenvalue weighted by Crippen LogP contribution is 2.33. The highest BCUT2D eigenvalue weighted by atomic mass is 32.2. The van der Waals surface area contributed by atoms with E-state index in [-0.39, 0.29) is 10.8 Å². The second kappa shape index (κ2) is 8.32. The van der Waals surface area contributed by atoms with Gasteiger partial charge in [-0.15, -0.1) is 0 Å². The van der Waals surface area contributed by atoms with Crippen molar-refractivity contribution in [3.05, 3.63) is 59.7 Å². The first-order valence-electron chi connectivity index (χ1n) is 10.2. The second-order valence-electron chi connectivity index (χ2n) is 7.85. The van der Waals surface area contributed by atoms with Crippen molar-refractivity contribution in [2.45, 2.75) is 31.1 Å². The Morgan fingerprint density at radius 3 is 2.68 bits per heavy atom. The molecule has 4 rings (SSSR count). The molecule has 0 aliphatic carbocycles. The average molecular weight is 442 g/mol. The van der Waals surface area contributed by atoms with Crippen molar-refractivity contribution in [3.8, 4) is 5.75 Å². The molecule has 0 saturated carbocycles. The molecule has 1 fully saturated rings. The molecule has 31 heavy (non-hydrogen) atoms. The van der Waals surface area contributed by atoms with Crippen LogP contribution in [0.25, 0.3) is 0 Å². The highest BCUT2D eigenvalue weighted by Gasteiger charge is 2.35. The number of nitrogens with one attached hydrogen (secondary N) is 1. The van der Waals surface area contributed by atoms with E-state index in [2.05, 4.69) is 10.4 Å². The lowest BCUT2D eigenvalue weighted by Crippen LogP contribution is -2.29. The molecule has 1 aromatic carbocycles. The van der Waals surface area contributed by atoms with Crippen LogP contribution < -0.4 is 10.1 Å². The van der Waals surface area contributed by atoms with Crippen molar-refractivity contribution in [1.82, 2.24) is 19.1 Å². The van der Waals surface area contributed by atoms with Crippen LogP contribution in [0, 0.1) is 13.8 Å². The standard InChI is InChI=1S/C22H27N5O3S/c1-15-10-19(25-18-6-5-7-20(11-18)30-4)12-21(24-15)17-8-9-27(14-17)31(28,29)22-13-23-26(3)16(22)2/h5-7,10-13,17H,8-9,14H2,1-4H3,(H,24,25). The smallest absolute Gasteiger partial charge is 0.246 e. The minimum absolute atomic E-state index is 0.0394. The molecule has 1 aliphatic heterocycles. The summed E-state index contributed by atoms with van der Waals surface area (Å²) in [5.41, 5.74) is 4.25. The van der Waals surface area contributed by atoms with Gasteiger partial charge in [0.05, 0.1) is 19.0 Å². The molecule has 0 radical (unpaired) electrons. The third-order valence-corrected chi connectivity index (χ3v) is 7.68. The largest absolute Gasteiger partial charge is 0.497 e. The number of nitrogens with zero attached hydrogens (tertiary/aromatic N) is 4. The van der Waals surface area contributed by atoms with E-state index in [1.54, 1.807) is 30.1 Å². The number of aromatic nitrogens is 3. The number of anilines is 2. The first-order chi connectivity index (χ1) is 14.8. The molecule has 1 N–H and O–H groups in total. The van der Waals surface area contributed by atoms with Crippen molar-refractivity contribution in [2.75, 3.05) is 25.5 Å². The van der Waals surface area contributed by atoms with Crippen molar-refractivity contribution in [1.29, 1.82) is 0 Å². The molecule has 2 aromatic heterocycles. The highest BCUT2D eigenvalue weighted by molar-refractivity contribution is 7.89. The molecule has 0 bridgehead atoms. The summed E-state index contributed by atoms with van der Waals surface area (Å²) in [6.45, 7) is 4.59. The maximum absolute atomic E-state index is 13.1. The Balaban J connectivity index is 1.54. The Hall–Kier alpha value is -2.91. The third-order valence-electron chi connectivity index (χ3n) is 5.71. The van der Waals surface area contributed by atoms with Gasteiger partial charge in [0.15, 0.2) is 0 Å². The molecule has 3 heterocycles. The van der Waals surface area contributed by atoms with Gasteiger partial charge in [0.25, 0.3) is 0 Å². The lowest BCUT2D eigenvalue weighted by Gasteiger charge is -2.17. The Morgan fingerprint density at radius 1 is 1.16 bits per heavy atom. The number of sulfonamides is 1. The van der Waals surface area contributed by atoms with E-state index in [9.17, 15) is 8.42 Å². The summed E-state index contributed by atoms with van der Waals surface area (Å²) < 4.78 is 34.6. The number of hydrogen-bond acceptors (Lipinski definition) is 6. The first-order valence-corrected chi connectivity index (χ1v) is 11.6. The lowest BCUT2D eigenvalue weighted by molar-refractivity contribution is 0.415. The molecular weight excluding hydrogens is 414 g/mol. The van der Waals surface area contributed by atoms with E-state index >= 15 is 0 Å². The zero-order valence-electron chi connectivity index (χ0n) is 18.2. The van der Waals surface area contributed by atoms with Crippen LogP contribution >= 0.6 is 0 Å². The topological polar surface area (TPSA) is 89.3 Å². The second-order valence-corrected chi connectivity index (χ2v) is 9.75. The molecule has 1 unspecified atom stereocenters. The fourth-order valence-electron chi connectivity index (χ4n) is 3.90. The number of methoxy groups -OCH3 is 1. The number of aryl methyl sites for hydroxylation is 2. The Kier molecular flexibility index (Phi) is 5.72. The minimum Gasteiger partial charge on any atom is -0.497 e. The van der Waals surface area contributed by atoms with Crippen LogP contribution in [0.3, 0.4) is 0 Å². The summed E-state index contributed by atoms with van der Waals surface area (Å²) in [5, 5.41) is 7.49. The Bertz CT molecular complexity index is 1210. The molecule has 0 amide bonds. The van der Waals surface area contributed by atoms with Gasteiger partial charge in [-0.05, 0) is 44.5 Å². The monoisotopic (exact) mass is 441 g/mol. The van der Waals surface area contributed by atoms with Gasteiger partial charge in [0, 0.05) is 54.9 Å². The molecule has 164 valence electrons. The molecule has 8 nitrogen and oxygen atoms in total. The van der Waals surface area contributed by atoms with Crippen LogP contribution in [-0.2, 0) is 17.1 Å². The predicted molar refractivity (Wildman–Crippen MR) is 119 cm³/mol. The fourth-order valence-corrected chi connectivity index (χ4v) is 5.59. The van der Waals surface area contributed by atoms with Crippen LogP contribution in [0.15, 0.2) is 47.5 Å². The van der Waals surface area contributed by atoms with Crippen LogP contribution in [0.1, 0.15) is 29.4 Å². The van der Waals surface area contributed by atoms with Crippen LogP contribution in [-0.4, -0.2) is 47.7 Å². The third kappa shape index (κ3) is 4.28. The Labute approximate surface area is 182 Å². The average Bonchev–Trinajstić information content (AvgIpc) is 3.36. The van der Waals surface area contributed by atoms with Crippen molar-refractivity contribution < 1.29 is 13.2 Å². The van der Waals surface area contributed by atoms with Gasteiger partial charge in [-0.1, -0.05) is 6.07 Å². The van der Waals surface area contributed by atoms with Crippen molar-refractivity contribution in [2.24, 2.45) is 7.05 Å². The van der Waals surface area contributed by atoms with Gasteiger partial charge >= 0.3 is 0 Å². The van der Waals surface area contributed by atoms with E-state index in [4.69, 9.17) is 9.72 Å². The summed E-state index contributed by atoms with van der Waals surface area (Å²) in [6.07, 6.45) is 2.16. The SMILES string of the molecule is COc1cccc(Nc2cc(C)nc(C3CCN(S(=O)(=O)c4cnn(C)c4C)C3)c2)c1. The van der Waals surface area contributed by atoms with Gasteiger partial charge in [-0.3, -0.25) is 9.67 Å². The number of ether oxygens (including phenoxy) is 1. The quantitative estimate of drug-likeness (QED) is 0.631. The maximum Gasteiger partial charge on any atom is 0.246 e. The molecule has 1 saturated heterocycles. The van der Waals surface area contributed by atoms with Gasteiger partial charge in [-0.25, -0.2) is 8.42 Å². The van der Waals surface area contributed by atoms with Crippen LogP contribution in [0.5, 0.6) is 5.75 Å². The first kappa shape index (κ1) is 21.3. The fraction of sp³-hybridized carbons (Fsp3) is 0.364. The zero-order valence-corrected chi connectivity index (χ0v) is 19.0. The van der Waals surface area contributed by atoms with Gasteiger partial charge < -0.3 is 10.1 Å². The lowest BCUT2D eigenvalue weighted by atomic mass is 10.0. The van der Waals surface area contributed by atoms with Crippen molar-refractivity contribution in [3.63, 3.8) is 0 Å². The molecule has 3 aromatic rings. The summed E-state index contributed by atoms with van der Waals surface area (Å²) in [4.78, 5) is 4.97. The van der Waals surface area contributed by atoms with Crippen LogP contribution in [0.4, 0.5) is 11.4 Å². The van der Waals surface area contributed by atoms with E-state index in [0.717, 1.165) is 34.9 Å². The number of pyridine rings is 1. The normalized spacial score (nSPS) is 17.1. The minimum atomic E-state index is -3.57. The van der Waals surface area contributed by atoms with Crippen LogP contribution in [0.2, 0.25) is 0 Å². The Morgan fingerprint density at radius 2 is 1.97 bits per heavy atom. The summed E-state index contributed by atoms with van der Waals surface area (Å²) in [7, 11) is -0.189. The predicted octanol–water partition coefficient (Wildman–Crippen LogP) is 3.36. The van der Waals surface area contributed by atoms with E-state index < -0.39 is 10.0 Å². The molecule has 9 heteroatoms. The molecular formula is C22H27N5O3S. The number of hydrogen-bond donors (Lipinski definition) is 1. The number of benzene rings is 1. The van der Waals surface area contributed by atoms with E-state index in [1.807, 2.05) is 43.3 Å². The zero-order chi connectivity index (χ0) is 22.2. The summed E-state index contributed by atoms with van der Waals surface area (Å²) in [5.74, 6) is 0.816. The van der Waals surface area contributed by atoms with Gasteiger partial charge in [0.1, 0.15) is 10.6 Å². The van der Waals surface area contributed by atoms with E-state index in [1.165, 1.54) is 6.20 Å². The number of rotatable bonds is 6. The molecule has 0 spiro atoms. The molecule has 1 aliphatic rings. The van der Waals surface area contributed by atoms with Gasteiger partial charge in [-0.2, -0.15) is 9.40 Å². The summed E-state index contributed by atoms with van der Waals surface area (Å²) in [6, 6.07) is 11.7. The molecule has 1 atom stereocenters. The summed E-state index contributed by atoms with van der Waals surface area (Å²) >= 11 is 0.